The number of para-hydroxylation sites is 2. The topological polar surface area (TPSA) is 123 Å². The molecule has 4 aromatic rings. The van der Waals surface area contributed by atoms with Crippen LogP contribution in [-0.4, -0.2) is 69.9 Å². The van der Waals surface area contributed by atoms with Crippen LogP contribution < -0.4 is 21.3 Å². The minimum absolute atomic E-state index is 0.130. The molecule has 10 heteroatoms. The Morgan fingerprint density at radius 3 is 1.59 bits per heavy atom. The molecule has 8 atom stereocenters. The fourth-order valence-electron chi connectivity index (χ4n) is 10.6. The van der Waals surface area contributed by atoms with Crippen molar-refractivity contribution in [2.75, 3.05) is 10.6 Å². The van der Waals surface area contributed by atoms with Crippen LogP contribution in [0.3, 0.4) is 0 Å². The standard InChI is InChI=1S/C41H38N6O4/c1-23-11-5-6-14-25(23)20-31-37(51)47-33(35(49)43-31)22-41(27-16-8-10-18-29(27)45-39(41)47)40-21-32-34(48)42-30(19-24-12-3-2-4-13-24)36(50)46(32)38(40)44-28-17-9-7-15-26(28)40/h2-18,30-33,38-39,44-45H,19-22H2,1H3,(H,42,48)(H,43,49)/t30-,31-,32-,33-,38+,39+,40?,41?/m0/s1. The molecule has 0 aliphatic carbocycles. The number of carbonyl (C=O) groups is 4. The predicted octanol–water partition coefficient (Wildman–Crippen LogP) is 3.36. The average molecular weight is 679 g/mol. The number of rotatable bonds is 5. The smallest absolute Gasteiger partial charge is 0.247 e. The van der Waals surface area contributed by atoms with E-state index in [0.717, 1.165) is 39.2 Å². The first-order chi connectivity index (χ1) is 24.8. The van der Waals surface area contributed by atoms with Crippen LogP contribution in [0.4, 0.5) is 11.4 Å². The summed E-state index contributed by atoms with van der Waals surface area (Å²) in [6.07, 6.45) is 0.270. The Bertz CT molecular complexity index is 2160. The summed E-state index contributed by atoms with van der Waals surface area (Å²) < 4.78 is 0. The van der Waals surface area contributed by atoms with E-state index in [9.17, 15) is 19.2 Å². The van der Waals surface area contributed by atoms with Crippen LogP contribution in [0.15, 0.2) is 103 Å². The molecule has 0 saturated carbocycles. The molecule has 2 unspecified atom stereocenters. The normalized spacial score (nSPS) is 32.5. The van der Waals surface area contributed by atoms with Crippen molar-refractivity contribution in [3.63, 3.8) is 0 Å². The van der Waals surface area contributed by atoms with E-state index in [4.69, 9.17) is 0 Å². The highest BCUT2D eigenvalue weighted by atomic mass is 16.2. The van der Waals surface area contributed by atoms with E-state index in [1.165, 1.54) is 0 Å². The van der Waals surface area contributed by atoms with Gasteiger partial charge in [-0.3, -0.25) is 19.2 Å². The van der Waals surface area contributed by atoms with Gasteiger partial charge < -0.3 is 31.1 Å². The van der Waals surface area contributed by atoms with Crippen LogP contribution in [0.5, 0.6) is 0 Å². The maximum atomic E-state index is 14.8. The Morgan fingerprint density at radius 1 is 0.569 bits per heavy atom. The molecule has 256 valence electrons. The molecule has 0 bridgehead atoms. The minimum Gasteiger partial charge on any atom is -0.364 e. The van der Waals surface area contributed by atoms with Gasteiger partial charge in [-0.25, -0.2) is 0 Å². The second-order valence-electron chi connectivity index (χ2n) is 15.0. The van der Waals surface area contributed by atoms with Crippen LogP contribution in [0.1, 0.15) is 40.7 Å². The number of hydrogen-bond donors (Lipinski definition) is 4. The lowest BCUT2D eigenvalue weighted by Gasteiger charge is -2.48. The number of aryl methyl sites for hydroxylation is 1. The first kappa shape index (κ1) is 30.2. The van der Waals surface area contributed by atoms with Gasteiger partial charge in [0.25, 0.3) is 0 Å². The van der Waals surface area contributed by atoms with Gasteiger partial charge in [-0.1, -0.05) is 91.0 Å². The molecule has 6 heterocycles. The Balaban J connectivity index is 1.12. The number of benzene rings is 4. The van der Waals surface area contributed by atoms with E-state index in [1.807, 2.05) is 97.9 Å². The van der Waals surface area contributed by atoms with Crippen molar-refractivity contribution >= 4 is 35.0 Å². The average Bonchev–Trinajstić information content (AvgIpc) is 3.85. The number of amides is 4. The zero-order valence-corrected chi connectivity index (χ0v) is 28.1. The number of piperazine rings is 2. The van der Waals surface area contributed by atoms with Gasteiger partial charge in [0, 0.05) is 24.2 Å². The second-order valence-corrected chi connectivity index (χ2v) is 15.0. The van der Waals surface area contributed by atoms with Crippen LogP contribution in [0.2, 0.25) is 0 Å². The molecule has 0 spiro atoms. The quantitative estimate of drug-likeness (QED) is 0.257. The second kappa shape index (κ2) is 10.7. The summed E-state index contributed by atoms with van der Waals surface area (Å²) in [5.41, 5.74) is 5.10. The largest absolute Gasteiger partial charge is 0.364 e. The molecule has 4 saturated heterocycles. The molecule has 51 heavy (non-hydrogen) atoms. The van der Waals surface area contributed by atoms with E-state index in [-0.39, 0.29) is 23.6 Å². The minimum atomic E-state index is -0.865. The van der Waals surface area contributed by atoms with Crippen molar-refractivity contribution in [3.05, 3.63) is 131 Å². The van der Waals surface area contributed by atoms with Gasteiger partial charge in [-0.2, -0.15) is 0 Å². The third-order valence-electron chi connectivity index (χ3n) is 12.7. The van der Waals surface area contributed by atoms with Gasteiger partial charge in [-0.05, 0) is 59.7 Å². The number of nitrogens with zero attached hydrogens (tertiary/aromatic N) is 2. The molecule has 10 nitrogen and oxygen atoms in total. The molecule has 4 amide bonds. The highest BCUT2D eigenvalue weighted by molar-refractivity contribution is 6.01. The highest BCUT2D eigenvalue weighted by Gasteiger charge is 2.78. The number of nitrogens with one attached hydrogen (secondary N) is 4. The molecule has 0 radical (unpaired) electrons. The Labute approximate surface area is 295 Å². The first-order valence-electron chi connectivity index (χ1n) is 17.9. The van der Waals surface area contributed by atoms with E-state index >= 15 is 0 Å². The van der Waals surface area contributed by atoms with Crippen molar-refractivity contribution in [3.8, 4) is 0 Å². The van der Waals surface area contributed by atoms with Gasteiger partial charge in [0.1, 0.15) is 36.5 Å². The molecular weight excluding hydrogens is 640 g/mol. The number of fused-ring (bicyclic) bond motifs is 11. The molecular formula is C41H38N6O4. The molecule has 10 rings (SSSR count). The maximum absolute atomic E-state index is 14.8. The summed E-state index contributed by atoms with van der Waals surface area (Å²) in [5, 5.41) is 13.6. The Morgan fingerprint density at radius 2 is 1.04 bits per heavy atom. The summed E-state index contributed by atoms with van der Waals surface area (Å²) in [7, 11) is 0. The summed E-state index contributed by atoms with van der Waals surface area (Å²) in [4.78, 5) is 61.4. The first-order valence-corrected chi connectivity index (χ1v) is 17.9. The van der Waals surface area contributed by atoms with Gasteiger partial charge in [0.15, 0.2) is 0 Å². The molecule has 0 aromatic heterocycles. The van der Waals surface area contributed by atoms with Gasteiger partial charge >= 0.3 is 0 Å². The fourth-order valence-corrected chi connectivity index (χ4v) is 10.6. The van der Waals surface area contributed by atoms with Crippen LogP contribution in [0.25, 0.3) is 0 Å². The number of hydrogen-bond acceptors (Lipinski definition) is 6. The maximum Gasteiger partial charge on any atom is 0.247 e. The fraction of sp³-hybridized carbons (Fsp3) is 0.317. The Kier molecular flexibility index (Phi) is 6.33. The lowest BCUT2D eigenvalue weighted by atomic mass is 9.54. The van der Waals surface area contributed by atoms with E-state index < -0.39 is 47.3 Å². The molecule has 4 aromatic carbocycles. The SMILES string of the molecule is Cc1ccccc1C[C@@H]1NC(=O)[C@@H]2CC3(C45C[C@H]6C(=O)N[C@@H](Cc7ccccc7)C(=O)N6[C@H]4Nc4ccccc45)c4ccccc4N[C@@H]3N2C1=O. The van der Waals surface area contributed by atoms with Crippen molar-refractivity contribution in [1.29, 1.82) is 0 Å². The van der Waals surface area contributed by atoms with Gasteiger partial charge in [-0.15, -0.1) is 0 Å². The van der Waals surface area contributed by atoms with Crippen LogP contribution in [-0.2, 0) is 42.8 Å². The van der Waals surface area contributed by atoms with Gasteiger partial charge in [0.05, 0.1) is 10.8 Å². The van der Waals surface area contributed by atoms with Crippen molar-refractivity contribution in [1.82, 2.24) is 20.4 Å². The van der Waals surface area contributed by atoms with Crippen LogP contribution in [0, 0.1) is 6.92 Å². The summed E-state index contributed by atoms with van der Waals surface area (Å²) in [6, 6.07) is 31.0. The van der Waals surface area contributed by atoms with E-state index in [1.54, 1.807) is 9.80 Å². The molecule has 6 aliphatic rings. The zero-order valence-electron chi connectivity index (χ0n) is 28.1. The summed E-state index contributed by atoms with van der Waals surface area (Å²) in [6.45, 7) is 2.02. The molecule has 6 aliphatic heterocycles. The van der Waals surface area contributed by atoms with Crippen molar-refractivity contribution in [2.45, 2.75) is 79.9 Å². The summed E-state index contributed by atoms with van der Waals surface area (Å²) in [5.74, 6) is -0.625. The summed E-state index contributed by atoms with van der Waals surface area (Å²) >= 11 is 0. The lowest BCUT2D eigenvalue weighted by molar-refractivity contribution is -0.149. The Hall–Kier alpha value is -5.64. The van der Waals surface area contributed by atoms with Crippen molar-refractivity contribution in [2.24, 2.45) is 0 Å². The molecule has 4 fully saturated rings. The number of carbonyl (C=O) groups excluding carboxylic acids is 4. The van der Waals surface area contributed by atoms with Crippen LogP contribution >= 0.6 is 0 Å². The van der Waals surface area contributed by atoms with Crippen molar-refractivity contribution < 1.29 is 19.2 Å². The van der Waals surface area contributed by atoms with Gasteiger partial charge in [0.2, 0.25) is 23.6 Å². The lowest BCUT2D eigenvalue weighted by Crippen LogP contribution is -2.67. The highest BCUT2D eigenvalue weighted by Crippen LogP contribution is 2.68. The zero-order chi connectivity index (χ0) is 34.6. The molecule has 4 N–H and O–H groups in total. The third-order valence-corrected chi connectivity index (χ3v) is 12.7. The predicted molar refractivity (Wildman–Crippen MR) is 190 cm³/mol. The third kappa shape index (κ3) is 3.93. The monoisotopic (exact) mass is 678 g/mol. The number of anilines is 2. The van der Waals surface area contributed by atoms with E-state index in [2.05, 4.69) is 33.4 Å². The van der Waals surface area contributed by atoms with E-state index in [0.29, 0.717) is 25.7 Å².